The van der Waals surface area contributed by atoms with Gasteiger partial charge < -0.3 is 15.1 Å². The van der Waals surface area contributed by atoms with E-state index in [1.807, 2.05) is 41.0 Å². The van der Waals surface area contributed by atoms with E-state index < -0.39 is 0 Å². The standard InChI is InChI=1S/C26H25N7O2/c1-2-3-13-32-23-21(30-26(32)31-12-6-8-18(27)15-31)14-28-33(25(23)34)16-22-29-20-11-10-17-7-4-5-9-19(17)24(20)35-22/h4-5,7,9-11,14,18H,6,8,12-13,15-16,27H2,1H3. The van der Waals surface area contributed by atoms with E-state index in [1.54, 1.807) is 13.1 Å². The second kappa shape index (κ2) is 8.56. The van der Waals surface area contributed by atoms with Gasteiger partial charge >= 0.3 is 0 Å². The van der Waals surface area contributed by atoms with Crippen LogP contribution in [0.5, 0.6) is 0 Å². The number of piperidine rings is 1. The average molecular weight is 468 g/mol. The Morgan fingerprint density at radius 2 is 2.06 bits per heavy atom. The number of nitrogens with zero attached hydrogens (tertiary/aromatic N) is 6. The molecule has 0 amide bonds. The van der Waals surface area contributed by atoms with E-state index in [0.717, 1.165) is 35.7 Å². The van der Waals surface area contributed by atoms with E-state index in [-0.39, 0.29) is 18.1 Å². The normalized spacial score (nSPS) is 16.2. The number of fused-ring (bicyclic) bond motifs is 4. The fraction of sp³-hybridized carbons (Fsp3) is 0.308. The first-order valence-electron chi connectivity index (χ1n) is 11.8. The Morgan fingerprint density at radius 3 is 2.91 bits per heavy atom. The van der Waals surface area contributed by atoms with Crippen LogP contribution >= 0.6 is 0 Å². The van der Waals surface area contributed by atoms with Crippen molar-refractivity contribution in [3.8, 4) is 11.8 Å². The molecule has 1 atom stereocenters. The highest BCUT2D eigenvalue weighted by Crippen LogP contribution is 2.26. The van der Waals surface area contributed by atoms with Crippen LogP contribution in [0.1, 0.15) is 25.7 Å². The molecule has 0 aliphatic carbocycles. The minimum absolute atomic E-state index is 0.0827. The predicted octanol–water partition coefficient (Wildman–Crippen LogP) is 2.89. The molecular formula is C26H25N7O2. The van der Waals surface area contributed by atoms with Crippen molar-refractivity contribution in [1.82, 2.24) is 24.3 Å². The Morgan fingerprint density at radius 1 is 1.17 bits per heavy atom. The third-order valence-corrected chi connectivity index (χ3v) is 6.49. The number of anilines is 1. The smallest absolute Gasteiger partial charge is 0.293 e. The molecule has 3 aromatic heterocycles. The van der Waals surface area contributed by atoms with Gasteiger partial charge in [0.05, 0.1) is 12.7 Å². The Bertz CT molecular complexity index is 1680. The van der Waals surface area contributed by atoms with Crippen LogP contribution in [-0.4, -0.2) is 43.4 Å². The van der Waals surface area contributed by atoms with Gasteiger partial charge in [-0.05, 0) is 31.2 Å². The molecule has 2 N–H and O–H groups in total. The first-order valence-corrected chi connectivity index (χ1v) is 11.8. The van der Waals surface area contributed by atoms with Crippen molar-refractivity contribution >= 4 is 38.9 Å². The molecule has 9 nitrogen and oxygen atoms in total. The fourth-order valence-corrected chi connectivity index (χ4v) is 4.82. The number of nitrogens with two attached hydrogens (primary N) is 1. The van der Waals surface area contributed by atoms with E-state index in [0.29, 0.717) is 41.5 Å². The van der Waals surface area contributed by atoms with Crippen molar-refractivity contribution in [2.75, 3.05) is 18.0 Å². The summed E-state index contributed by atoms with van der Waals surface area (Å²) in [6.45, 7) is 3.80. The molecule has 4 heterocycles. The van der Waals surface area contributed by atoms with Crippen LogP contribution in [0.4, 0.5) is 5.95 Å². The molecule has 1 fully saturated rings. The van der Waals surface area contributed by atoms with Gasteiger partial charge in [-0.2, -0.15) is 5.10 Å². The van der Waals surface area contributed by atoms with Crippen LogP contribution in [0, 0.1) is 11.8 Å². The zero-order chi connectivity index (χ0) is 23.9. The number of rotatable bonds is 4. The lowest BCUT2D eigenvalue weighted by atomic mass is 10.1. The Hall–Kier alpha value is -4.16. The quantitative estimate of drug-likeness (QED) is 0.405. The maximum Gasteiger partial charge on any atom is 0.293 e. The molecule has 0 radical (unpaired) electrons. The van der Waals surface area contributed by atoms with Crippen LogP contribution in [0.2, 0.25) is 0 Å². The minimum Gasteiger partial charge on any atom is -0.438 e. The molecule has 176 valence electrons. The number of hydrogen-bond donors (Lipinski definition) is 1. The first-order chi connectivity index (χ1) is 17.1. The molecule has 0 bridgehead atoms. The van der Waals surface area contributed by atoms with E-state index >= 15 is 0 Å². The molecule has 0 saturated carbocycles. The SMILES string of the molecule is CC#CCn1c(N2CCCC(N)C2)nc2cnn(Cc3nc4ccc5ccccc5c4o3)c(=O)c21. The highest BCUT2D eigenvalue weighted by molar-refractivity contribution is 6.02. The maximum absolute atomic E-state index is 13.6. The molecule has 2 aromatic carbocycles. The van der Waals surface area contributed by atoms with Crippen molar-refractivity contribution in [1.29, 1.82) is 0 Å². The van der Waals surface area contributed by atoms with Crippen molar-refractivity contribution in [3.05, 3.63) is 58.8 Å². The summed E-state index contributed by atoms with van der Waals surface area (Å²) in [5, 5.41) is 6.44. The summed E-state index contributed by atoms with van der Waals surface area (Å²) in [5.74, 6) is 7.14. The van der Waals surface area contributed by atoms with E-state index in [4.69, 9.17) is 15.1 Å². The molecule has 1 unspecified atom stereocenters. The van der Waals surface area contributed by atoms with Crippen molar-refractivity contribution in [2.24, 2.45) is 5.73 Å². The van der Waals surface area contributed by atoms with Crippen LogP contribution in [0.3, 0.4) is 0 Å². The number of imidazole rings is 1. The molecule has 35 heavy (non-hydrogen) atoms. The third-order valence-electron chi connectivity index (χ3n) is 6.49. The summed E-state index contributed by atoms with van der Waals surface area (Å²) < 4.78 is 9.33. The van der Waals surface area contributed by atoms with Gasteiger partial charge in [0.15, 0.2) is 5.58 Å². The lowest BCUT2D eigenvalue weighted by Gasteiger charge is -2.31. The van der Waals surface area contributed by atoms with Crippen LogP contribution in [0.15, 0.2) is 51.8 Å². The first kappa shape index (κ1) is 21.4. The molecule has 1 saturated heterocycles. The monoisotopic (exact) mass is 467 g/mol. The molecule has 1 aliphatic heterocycles. The molecular weight excluding hydrogens is 442 g/mol. The van der Waals surface area contributed by atoms with Gasteiger partial charge in [-0.1, -0.05) is 36.3 Å². The van der Waals surface area contributed by atoms with Gasteiger partial charge in [0.25, 0.3) is 5.56 Å². The van der Waals surface area contributed by atoms with E-state index in [2.05, 4.69) is 26.8 Å². The highest BCUT2D eigenvalue weighted by atomic mass is 16.3. The van der Waals surface area contributed by atoms with E-state index in [1.165, 1.54) is 4.68 Å². The van der Waals surface area contributed by atoms with Crippen LogP contribution < -0.4 is 16.2 Å². The minimum atomic E-state index is -0.257. The molecule has 5 aromatic rings. The molecule has 0 spiro atoms. The van der Waals surface area contributed by atoms with Crippen molar-refractivity contribution in [2.45, 2.75) is 38.9 Å². The van der Waals surface area contributed by atoms with Gasteiger partial charge in [-0.15, -0.1) is 5.92 Å². The second-order valence-corrected chi connectivity index (χ2v) is 8.86. The summed E-state index contributed by atoms with van der Waals surface area (Å²) >= 11 is 0. The van der Waals surface area contributed by atoms with Gasteiger partial charge in [-0.25, -0.2) is 14.6 Å². The average Bonchev–Trinajstić information content (AvgIpc) is 3.46. The van der Waals surface area contributed by atoms with Crippen molar-refractivity contribution < 1.29 is 4.42 Å². The highest BCUT2D eigenvalue weighted by Gasteiger charge is 2.24. The Balaban J connectivity index is 1.43. The van der Waals surface area contributed by atoms with Gasteiger partial charge in [0, 0.05) is 24.5 Å². The zero-order valence-electron chi connectivity index (χ0n) is 19.4. The topological polar surface area (TPSA) is 108 Å². The van der Waals surface area contributed by atoms with Crippen LogP contribution in [0.25, 0.3) is 32.9 Å². The summed E-state index contributed by atoms with van der Waals surface area (Å²) in [5.41, 5.74) is 8.43. The van der Waals surface area contributed by atoms with E-state index in [9.17, 15) is 4.79 Å². The predicted molar refractivity (Wildman–Crippen MR) is 135 cm³/mol. The lowest BCUT2D eigenvalue weighted by Crippen LogP contribution is -2.44. The number of aromatic nitrogens is 5. The van der Waals surface area contributed by atoms with Gasteiger partial charge in [-0.3, -0.25) is 9.36 Å². The largest absolute Gasteiger partial charge is 0.438 e. The van der Waals surface area contributed by atoms with Gasteiger partial charge in [0.2, 0.25) is 11.8 Å². The number of hydrogen-bond acceptors (Lipinski definition) is 7. The molecule has 1 aliphatic rings. The second-order valence-electron chi connectivity index (χ2n) is 8.86. The third kappa shape index (κ3) is 3.72. The summed E-state index contributed by atoms with van der Waals surface area (Å²) in [7, 11) is 0. The summed E-state index contributed by atoms with van der Waals surface area (Å²) in [6.07, 6.45) is 3.59. The number of benzene rings is 2. The summed E-state index contributed by atoms with van der Waals surface area (Å²) in [6, 6.07) is 12.0. The number of oxazole rings is 1. The van der Waals surface area contributed by atoms with Gasteiger partial charge in [0.1, 0.15) is 23.1 Å². The Kier molecular flexibility index (Phi) is 5.23. The summed E-state index contributed by atoms with van der Waals surface area (Å²) in [4.78, 5) is 25.1. The maximum atomic E-state index is 13.6. The van der Waals surface area contributed by atoms with Crippen LogP contribution in [-0.2, 0) is 13.1 Å². The zero-order valence-corrected chi connectivity index (χ0v) is 19.4. The molecule has 6 rings (SSSR count). The molecule has 9 heteroatoms. The lowest BCUT2D eigenvalue weighted by molar-refractivity contribution is 0.483. The fourth-order valence-electron chi connectivity index (χ4n) is 4.82. The van der Waals surface area contributed by atoms with Crippen molar-refractivity contribution in [3.63, 3.8) is 0 Å². The Labute approximate surface area is 201 Å².